The predicted molar refractivity (Wildman–Crippen MR) is 85.8 cm³/mol. The van der Waals surface area contributed by atoms with Crippen LogP contribution in [-0.4, -0.2) is 30.4 Å². The number of alkyl halides is 3. The zero-order valence-corrected chi connectivity index (χ0v) is 13.8. The number of fused-ring (bicyclic) bond motifs is 1. The van der Waals surface area contributed by atoms with Crippen LogP contribution in [0.5, 0.6) is 11.6 Å². The molecule has 0 aliphatic carbocycles. The molecule has 0 saturated heterocycles. The Morgan fingerprint density at radius 3 is 2.89 bits per heavy atom. The maximum Gasteiger partial charge on any atom is 0.422 e. The smallest absolute Gasteiger partial charge is 0.422 e. The van der Waals surface area contributed by atoms with Crippen LogP contribution in [0.4, 0.5) is 22.4 Å². The monoisotopic (exact) mass is 385 g/mol. The zero-order valence-electron chi connectivity index (χ0n) is 13.8. The summed E-state index contributed by atoms with van der Waals surface area (Å²) in [4.78, 5) is 15.7. The van der Waals surface area contributed by atoms with Gasteiger partial charge in [0.25, 0.3) is 0 Å². The molecule has 0 spiro atoms. The molecular weight excluding hydrogens is 370 g/mol. The zero-order chi connectivity index (χ0) is 19.4. The molecule has 6 nitrogen and oxygen atoms in total. The molecule has 0 radical (unpaired) electrons. The van der Waals surface area contributed by atoms with Gasteiger partial charge in [-0.25, -0.2) is 14.2 Å². The number of benzene rings is 1. The van der Waals surface area contributed by atoms with Crippen LogP contribution in [0.3, 0.4) is 0 Å². The van der Waals surface area contributed by atoms with Gasteiger partial charge in [0.1, 0.15) is 18.2 Å². The van der Waals surface area contributed by atoms with Gasteiger partial charge in [-0.3, -0.25) is 0 Å². The van der Waals surface area contributed by atoms with E-state index in [9.17, 15) is 22.4 Å². The summed E-state index contributed by atoms with van der Waals surface area (Å²) in [5.41, 5.74) is 1.04. The number of nitrogens with zero attached hydrogens (tertiary/aromatic N) is 1. The van der Waals surface area contributed by atoms with Crippen molar-refractivity contribution in [2.75, 3.05) is 13.2 Å². The van der Waals surface area contributed by atoms with Gasteiger partial charge >= 0.3 is 12.2 Å². The van der Waals surface area contributed by atoms with Crippen LogP contribution in [0.25, 0.3) is 0 Å². The molecular formula is C17H15F4N3O3. The molecule has 1 aliphatic rings. The van der Waals surface area contributed by atoms with Crippen molar-refractivity contribution in [2.24, 2.45) is 0 Å². The summed E-state index contributed by atoms with van der Waals surface area (Å²) in [6.45, 7) is -1.23. The SMILES string of the molecule is O=C(NCc1ccnc(OCC(F)(F)F)c1)NC1COc2ccc(F)cc21. The third kappa shape index (κ3) is 5.22. The number of urea groups is 1. The van der Waals surface area contributed by atoms with Gasteiger partial charge in [-0.2, -0.15) is 13.2 Å². The fraction of sp³-hybridized carbons (Fsp3) is 0.294. The summed E-state index contributed by atoms with van der Waals surface area (Å²) in [5, 5.41) is 5.22. The van der Waals surface area contributed by atoms with E-state index in [1.165, 1.54) is 36.5 Å². The third-order valence-corrected chi connectivity index (χ3v) is 3.69. The van der Waals surface area contributed by atoms with Gasteiger partial charge in [0, 0.05) is 24.4 Å². The number of rotatable bonds is 5. The first-order valence-corrected chi connectivity index (χ1v) is 7.91. The molecule has 0 fully saturated rings. The molecule has 144 valence electrons. The summed E-state index contributed by atoms with van der Waals surface area (Å²) in [5.74, 6) is -0.127. The molecule has 2 aromatic rings. The van der Waals surface area contributed by atoms with Crippen molar-refractivity contribution in [3.63, 3.8) is 0 Å². The van der Waals surface area contributed by atoms with Gasteiger partial charge in [0.15, 0.2) is 6.61 Å². The lowest BCUT2D eigenvalue weighted by atomic mass is 10.1. The first-order chi connectivity index (χ1) is 12.8. The van der Waals surface area contributed by atoms with E-state index in [1.807, 2.05) is 0 Å². The maximum atomic E-state index is 13.3. The third-order valence-electron chi connectivity index (χ3n) is 3.69. The molecule has 2 heterocycles. The van der Waals surface area contributed by atoms with Crippen molar-refractivity contribution in [3.05, 3.63) is 53.5 Å². The molecule has 3 rings (SSSR count). The van der Waals surface area contributed by atoms with Gasteiger partial charge in [-0.1, -0.05) is 0 Å². The quantitative estimate of drug-likeness (QED) is 0.776. The first kappa shape index (κ1) is 18.7. The average molecular weight is 385 g/mol. The van der Waals surface area contributed by atoms with Crippen molar-refractivity contribution < 1.29 is 31.8 Å². The Morgan fingerprint density at radius 1 is 1.30 bits per heavy atom. The first-order valence-electron chi connectivity index (χ1n) is 7.91. The Bertz CT molecular complexity index is 829. The van der Waals surface area contributed by atoms with Crippen LogP contribution in [0, 0.1) is 5.82 Å². The summed E-state index contributed by atoms with van der Waals surface area (Å²) in [7, 11) is 0. The molecule has 1 aromatic heterocycles. The Morgan fingerprint density at radius 2 is 2.11 bits per heavy atom. The highest BCUT2D eigenvalue weighted by atomic mass is 19.4. The molecule has 0 bridgehead atoms. The second-order valence-corrected chi connectivity index (χ2v) is 5.78. The molecule has 1 aromatic carbocycles. The molecule has 10 heteroatoms. The minimum Gasteiger partial charge on any atom is -0.491 e. The molecule has 1 aliphatic heterocycles. The minimum atomic E-state index is -4.46. The summed E-state index contributed by atoms with van der Waals surface area (Å²) in [6.07, 6.45) is -3.18. The number of aromatic nitrogens is 1. The number of ether oxygens (including phenoxy) is 2. The number of hydrogen-bond acceptors (Lipinski definition) is 4. The molecule has 0 saturated carbocycles. The van der Waals surface area contributed by atoms with Gasteiger partial charge < -0.3 is 20.1 Å². The Labute approximate surface area is 151 Å². The fourth-order valence-electron chi connectivity index (χ4n) is 2.49. The van der Waals surface area contributed by atoms with Crippen LogP contribution in [0.15, 0.2) is 36.5 Å². The van der Waals surface area contributed by atoms with Crippen LogP contribution >= 0.6 is 0 Å². The van der Waals surface area contributed by atoms with E-state index >= 15 is 0 Å². The van der Waals surface area contributed by atoms with Crippen molar-refractivity contribution >= 4 is 6.03 Å². The number of amides is 2. The van der Waals surface area contributed by atoms with Gasteiger partial charge in [-0.05, 0) is 29.8 Å². The van der Waals surface area contributed by atoms with E-state index in [-0.39, 0.29) is 19.0 Å². The van der Waals surface area contributed by atoms with Gasteiger partial charge in [0.05, 0.1) is 6.04 Å². The molecule has 1 atom stereocenters. The van der Waals surface area contributed by atoms with Crippen molar-refractivity contribution in [1.82, 2.24) is 15.6 Å². The van der Waals surface area contributed by atoms with Gasteiger partial charge in [-0.15, -0.1) is 0 Å². The number of carbonyl (C=O) groups excluding carboxylic acids is 1. The second kappa shape index (κ2) is 7.68. The second-order valence-electron chi connectivity index (χ2n) is 5.78. The fourth-order valence-corrected chi connectivity index (χ4v) is 2.49. The standard InChI is InChI=1S/C17H15F4N3O3/c18-11-1-2-14-12(6-11)13(8-26-14)24-16(25)23-7-10-3-4-22-15(5-10)27-9-17(19,20)21/h1-6,13H,7-9H2,(H2,23,24,25). The number of pyridine rings is 1. The predicted octanol–water partition coefficient (Wildman–Crippen LogP) is 3.09. The van der Waals surface area contributed by atoms with Crippen LogP contribution in [-0.2, 0) is 6.54 Å². The van der Waals surface area contributed by atoms with E-state index < -0.39 is 30.7 Å². The number of halogens is 4. The normalized spacial score (nSPS) is 15.6. The Hall–Kier alpha value is -3.04. The minimum absolute atomic E-state index is 0.0420. The lowest BCUT2D eigenvalue weighted by Crippen LogP contribution is -2.38. The van der Waals surface area contributed by atoms with E-state index in [2.05, 4.69) is 20.4 Å². The topological polar surface area (TPSA) is 72.5 Å². The number of nitrogens with one attached hydrogen (secondary N) is 2. The summed E-state index contributed by atoms with van der Waals surface area (Å²) in [6, 6.07) is 5.85. The van der Waals surface area contributed by atoms with Crippen molar-refractivity contribution in [3.8, 4) is 11.6 Å². The number of carbonyl (C=O) groups is 1. The van der Waals surface area contributed by atoms with Crippen molar-refractivity contribution in [1.29, 1.82) is 0 Å². The highest BCUT2D eigenvalue weighted by molar-refractivity contribution is 5.74. The lowest BCUT2D eigenvalue weighted by Gasteiger charge is -2.13. The number of hydrogen-bond donors (Lipinski definition) is 2. The van der Waals surface area contributed by atoms with E-state index in [0.29, 0.717) is 16.9 Å². The van der Waals surface area contributed by atoms with E-state index in [0.717, 1.165) is 0 Å². The molecule has 2 N–H and O–H groups in total. The Kier molecular flexibility index (Phi) is 5.33. The van der Waals surface area contributed by atoms with E-state index in [1.54, 1.807) is 0 Å². The summed E-state index contributed by atoms with van der Waals surface area (Å²) >= 11 is 0. The van der Waals surface area contributed by atoms with Crippen LogP contribution in [0.1, 0.15) is 17.2 Å². The molecule has 1 unspecified atom stereocenters. The lowest BCUT2D eigenvalue weighted by molar-refractivity contribution is -0.154. The highest BCUT2D eigenvalue weighted by Crippen LogP contribution is 2.32. The molecule has 2 amide bonds. The summed E-state index contributed by atoms with van der Waals surface area (Å²) < 4.78 is 59.8. The van der Waals surface area contributed by atoms with Gasteiger partial charge in [0.2, 0.25) is 5.88 Å². The molecule has 27 heavy (non-hydrogen) atoms. The Balaban J connectivity index is 1.52. The average Bonchev–Trinajstić information content (AvgIpc) is 3.00. The van der Waals surface area contributed by atoms with Crippen LogP contribution in [0.2, 0.25) is 0 Å². The largest absolute Gasteiger partial charge is 0.491 e. The van der Waals surface area contributed by atoms with Crippen LogP contribution < -0.4 is 20.1 Å². The maximum absolute atomic E-state index is 13.3. The highest BCUT2D eigenvalue weighted by Gasteiger charge is 2.29. The van der Waals surface area contributed by atoms with E-state index in [4.69, 9.17) is 4.74 Å². The van der Waals surface area contributed by atoms with Crippen molar-refractivity contribution in [2.45, 2.75) is 18.8 Å².